The van der Waals surface area contributed by atoms with Crippen LogP contribution < -0.4 is 18.9 Å². The quantitative estimate of drug-likeness (QED) is 0.0477. The number of nitrogens with zero attached hydrogens (tertiary/aromatic N) is 3. The number of hydrogen-bond acceptors (Lipinski definition) is 13. The number of benzene rings is 3. The van der Waals surface area contributed by atoms with E-state index in [4.69, 9.17) is 38.4 Å². The van der Waals surface area contributed by atoms with E-state index >= 15 is 4.79 Å². The summed E-state index contributed by atoms with van der Waals surface area (Å²) in [6.45, 7) is 7.32. The van der Waals surface area contributed by atoms with Crippen molar-refractivity contribution in [2.24, 2.45) is 22.9 Å². The molecule has 1 saturated carbocycles. The van der Waals surface area contributed by atoms with Crippen LogP contribution in [-0.4, -0.2) is 89.5 Å². The van der Waals surface area contributed by atoms with Gasteiger partial charge in [-0.2, -0.15) is 0 Å². The van der Waals surface area contributed by atoms with Crippen molar-refractivity contribution in [3.63, 3.8) is 0 Å². The molecule has 3 aromatic carbocycles. The molecular formula is C49H59N3O12. The highest BCUT2D eigenvalue weighted by molar-refractivity contribution is 6.03. The molecule has 5 aliphatic rings. The summed E-state index contributed by atoms with van der Waals surface area (Å²) < 4.78 is 38.2. The third kappa shape index (κ3) is 9.35. The topological polar surface area (TPSA) is 181 Å². The van der Waals surface area contributed by atoms with E-state index in [-0.39, 0.29) is 62.4 Å². The third-order valence-electron chi connectivity index (χ3n) is 13.0. The number of fused-ring (bicyclic) bond motifs is 3. The number of nitro groups is 1. The monoisotopic (exact) mass is 881 g/mol. The predicted molar refractivity (Wildman–Crippen MR) is 237 cm³/mol. The minimum absolute atomic E-state index is 0.0144. The van der Waals surface area contributed by atoms with Gasteiger partial charge < -0.3 is 48.4 Å². The van der Waals surface area contributed by atoms with Gasteiger partial charge in [-0.05, 0) is 105 Å². The lowest BCUT2D eigenvalue weighted by Gasteiger charge is -2.60. The number of ether oxygens (including phenoxy) is 6. The number of hydrogen-bond donors (Lipinski definition) is 2. The minimum Gasteiger partial charge on any atom is -0.459 e. The van der Waals surface area contributed by atoms with Crippen molar-refractivity contribution in [3.05, 3.63) is 106 Å². The van der Waals surface area contributed by atoms with E-state index in [1.54, 1.807) is 42.5 Å². The Balaban J connectivity index is 1.32. The molecule has 2 fully saturated rings. The molecule has 3 aliphatic heterocycles. The number of aliphatic hydroxyl groups is 2. The van der Waals surface area contributed by atoms with Crippen LogP contribution in [0.5, 0.6) is 28.7 Å². The van der Waals surface area contributed by atoms with Crippen molar-refractivity contribution in [3.8, 4) is 28.7 Å². The predicted octanol–water partition coefficient (Wildman–Crippen LogP) is 8.83. The maximum Gasteiger partial charge on any atom is 0.273 e. The molecule has 3 aromatic rings. The van der Waals surface area contributed by atoms with Gasteiger partial charge in [0.05, 0.1) is 35.8 Å². The highest BCUT2D eigenvalue weighted by Crippen LogP contribution is 2.62. The highest BCUT2D eigenvalue weighted by atomic mass is 16.8. The van der Waals surface area contributed by atoms with E-state index in [1.807, 2.05) is 24.0 Å². The summed E-state index contributed by atoms with van der Waals surface area (Å²) in [7, 11) is 0. The lowest BCUT2D eigenvalue weighted by molar-refractivity contribution is -0.384. The van der Waals surface area contributed by atoms with Crippen molar-refractivity contribution < 1.29 is 53.2 Å². The number of allylic oxidation sites excluding steroid dienone is 1. The zero-order valence-corrected chi connectivity index (χ0v) is 36.4. The first-order valence-corrected chi connectivity index (χ1v) is 22.8. The number of carbonyl (C=O) groups excluding carboxylic acids is 1. The normalized spacial score (nSPS) is 25.9. The van der Waals surface area contributed by atoms with Crippen LogP contribution in [0.2, 0.25) is 0 Å². The largest absolute Gasteiger partial charge is 0.459 e. The van der Waals surface area contributed by atoms with Gasteiger partial charge in [-0.15, -0.1) is 6.58 Å². The third-order valence-corrected chi connectivity index (χ3v) is 13.0. The van der Waals surface area contributed by atoms with Gasteiger partial charge in [0.2, 0.25) is 18.9 Å². The summed E-state index contributed by atoms with van der Waals surface area (Å²) in [6.07, 6.45) is 11.3. The molecule has 2 N–H and O–H groups in total. The van der Waals surface area contributed by atoms with E-state index in [0.717, 1.165) is 49.7 Å². The zero-order chi connectivity index (χ0) is 44.6. The fourth-order valence-corrected chi connectivity index (χ4v) is 10.3. The molecule has 0 spiro atoms. The lowest BCUT2D eigenvalue weighted by Crippen LogP contribution is -2.70. The number of nitro benzene ring substituents is 1. The standard InChI is InChI=1S/C49H59N3O12/c1-3-21-51(48(55)33-17-19-42-43(27-33)60-31-59-42)44-30-40(50-64-45-16-7-10-25-58-45)38-26-32(12-5-8-22-53)37(15-6-9-23-54)46-39-29-36(62-35-14-11-13-34(28-35)52(56)57)18-20-41(39)63-49(44,47(38)46)61-24-4-2/h4,11,13-14,17-20,26-29,32,37,44-47,53-54H,2-3,5-10,12,15-16,21-25,30-31H2,1H3/t32-,37+,44-,45?,46+,47+,49+/m0/s1. The van der Waals surface area contributed by atoms with E-state index in [2.05, 4.69) is 12.7 Å². The Morgan fingerprint density at radius 1 is 1.00 bits per heavy atom. The molecule has 0 radical (unpaired) electrons. The molecule has 2 aliphatic carbocycles. The summed E-state index contributed by atoms with van der Waals surface area (Å²) in [4.78, 5) is 34.5. The van der Waals surface area contributed by atoms with Gasteiger partial charge in [-0.3, -0.25) is 14.9 Å². The van der Waals surface area contributed by atoms with Crippen LogP contribution in [-0.2, 0) is 14.3 Å². The number of amides is 1. The average molecular weight is 882 g/mol. The van der Waals surface area contributed by atoms with E-state index < -0.39 is 29.0 Å². The second kappa shape index (κ2) is 20.6. The first-order chi connectivity index (χ1) is 31.3. The first kappa shape index (κ1) is 45.1. The summed E-state index contributed by atoms with van der Waals surface area (Å²) in [5.74, 6) is -0.154. The Labute approximate surface area is 373 Å². The van der Waals surface area contributed by atoms with Crippen LogP contribution >= 0.6 is 0 Å². The van der Waals surface area contributed by atoms with Crippen molar-refractivity contribution in [1.29, 1.82) is 0 Å². The molecule has 0 bridgehead atoms. The molecule has 1 saturated heterocycles. The maximum absolute atomic E-state index is 15.1. The minimum atomic E-state index is -1.47. The van der Waals surface area contributed by atoms with Crippen molar-refractivity contribution in [2.45, 2.75) is 102 Å². The van der Waals surface area contributed by atoms with Gasteiger partial charge in [-0.25, -0.2) is 0 Å². The number of oxime groups is 1. The van der Waals surface area contributed by atoms with Crippen molar-refractivity contribution in [1.82, 2.24) is 4.90 Å². The number of aliphatic hydroxyl groups excluding tert-OH is 2. The first-order valence-electron chi connectivity index (χ1n) is 22.8. The molecular weight excluding hydrogens is 823 g/mol. The van der Waals surface area contributed by atoms with Gasteiger partial charge in [0.15, 0.2) is 11.5 Å². The van der Waals surface area contributed by atoms with Crippen LogP contribution in [0.4, 0.5) is 5.69 Å². The molecule has 342 valence electrons. The summed E-state index contributed by atoms with van der Waals surface area (Å²) in [5, 5.41) is 36.6. The Bertz CT molecular complexity index is 2210. The van der Waals surface area contributed by atoms with E-state index in [1.165, 1.54) is 12.1 Å². The number of carbonyl (C=O) groups is 1. The SMILES string of the molecule is C=CCO[C@@]12Oc3ccc(Oc4cccc([N+](=O)[O-])c4)cc3[C@H]3[C@H](CCCCO)[C@@H](CCCCO)C=C(C(=NOC4CCCCO4)C[C@@H]1N(CCC)C(=O)c1ccc4c(c1)OCO4)[C@H]32. The summed E-state index contributed by atoms with van der Waals surface area (Å²) in [6, 6.07) is 16.2. The average Bonchev–Trinajstić information content (AvgIpc) is 3.79. The molecule has 15 nitrogen and oxygen atoms in total. The molecule has 1 amide bonds. The molecule has 7 atom stereocenters. The van der Waals surface area contributed by atoms with Gasteiger partial charge in [-0.1, -0.05) is 43.1 Å². The van der Waals surface area contributed by atoms with Gasteiger partial charge >= 0.3 is 0 Å². The van der Waals surface area contributed by atoms with Crippen LogP contribution in [0.1, 0.15) is 99.4 Å². The number of non-ortho nitro benzene ring substituents is 1. The summed E-state index contributed by atoms with van der Waals surface area (Å²) >= 11 is 0. The van der Waals surface area contributed by atoms with Crippen LogP contribution in [0, 0.1) is 27.9 Å². The fraction of sp³-hybridized carbons (Fsp3) is 0.510. The second-order valence-electron chi connectivity index (χ2n) is 17.1. The van der Waals surface area contributed by atoms with Gasteiger partial charge in [0.1, 0.15) is 23.3 Å². The molecule has 0 aromatic heterocycles. The molecule has 15 heteroatoms. The number of rotatable bonds is 20. The lowest BCUT2D eigenvalue weighted by atomic mass is 9.55. The van der Waals surface area contributed by atoms with Gasteiger partial charge in [0.25, 0.3) is 11.6 Å². The van der Waals surface area contributed by atoms with Gasteiger partial charge in [0, 0.05) is 55.7 Å². The molecule has 8 rings (SSSR count). The summed E-state index contributed by atoms with van der Waals surface area (Å²) in [5.41, 5.74) is 2.76. The van der Waals surface area contributed by atoms with Crippen LogP contribution in [0.3, 0.4) is 0 Å². The zero-order valence-electron chi connectivity index (χ0n) is 36.4. The van der Waals surface area contributed by atoms with Crippen molar-refractivity contribution >= 4 is 17.3 Å². The highest BCUT2D eigenvalue weighted by Gasteiger charge is 2.65. The maximum atomic E-state index is 15.1. The second-order valence-corrected chi connectivity index (χ2v) is 17.1. The van der Waals surface area contributed by atoms with Crippen molar-refractivity contribution in [2.75, 3.05) is 39.8 Å². The Hall–Kier alpha value is -5.48. The van der Waals surface area contributed by atoms with Crippen LogP contribution in [0.15, 0.2) is 90.1 Å². The Kier molecular flexibility index (Phi) is 14.5. The smallest absolute Gasteiger partial charge is 0.273 e. The number of unbranched alkanes of at least 4 members (excludes halogenated alkanes) is 2. The van der Waals surface area contributed by atoms with Crippen LogP contribution in [0.25, 0.3) is 0 Å². The Morgan fingerprint density at radius 2 is 1.80 bits per heavy atom. The molecule has 3 heterocycles. The molecule has 64 heavy (non-hydrogen) atoms. The van der Waals surface area contributed by atoms with E-state index in [0.29, 0.717) is 78.9 Å². The fourth-order valence-electron chi connectivity index (χ4n) is 10.3. The van der Waals surface area contributed by atoms with E-state index in [9.17, 15) is 20.3 Å². The Morgan fingerprint density at radius 3 is 2.56 bits per heavy atom. The molecule has 1 unspecified atom stereocenters.